The second-order valence-electron chi connectivity index (χ2n) is 2.21. The van der Waals surface area contributed by atoms with Gasteiger partial charge in [-0.15, -0.1) is 0 Å². The van der Waals surface area contributed by atoms with Crippen molar-refractivity contribution in [2.75, 3.05) is 0 Å². The number of rotatable bonds is 0. The summed E-state index contributed by atoms with van der Waals surface area (Å²) in [5, 5.41) is 3.81. The molecule has 1 aliphatic carbocycles. The molecule has 0 aromatic carbocycles. The van der Waals surface area contributed by atoms with Gasteiger partial charge in [0.05, 0.1) is 11.6 Å². The molecule has 2 unspecified atom stereocenters. The van der Waals surface area contributed by atoms with E-state index in [0.29, 0.717) is 5.92 Å². The molecule has 8 heavy (non-hydrogen) atoms. The zero-order chi connectivity index (χ0) is 5.56. The quantitative estimate of drug-likeness (QED) is 0.424. The first-order chi connectivity index (χ1) is 3.88. The molecule has 1 heterocycles. The van der Waals surface area contributed by atoms with Crippen molar-refractivity contribution in [2.24, 2.45) is 11.1 Å². The fraction of sp³-hybridized carbons (Fsp3) is 0.500. The van der Waals surface area contributed by atoms with Crippen LogP contribution in [-0.2, 0) is 4.84 Å². The highest BCUT2D eigenvalue weighted by Gasteiger charge is 2.33. The van der Waals surface area contributed by atoms with Crippen LogP contribution in [0.5, 0.6) is 0 Å². The lowest BCUT2D eigenvalue weighted by molar-refractivity contribution is 0.0943. The fourth-order valence-electron chi connectivity index (χ4n) is 0.995. The lowest BCUT2D eigenvalue weighted by atomic mass is 9.89. The molecule has 2 nitrogen and oxygen atoms in total. The van der Waals surface area contributed by atoms with Crippen LogP contribution >= 0.6 is 0 Å². The van der Waals surface area contributed by atoms with E-state index in [4.69, 9.17) is 4.84 Å². The third kappa shape index (κ3) is 0.312. The van der Waals surface area contributed by atoms with Gasteiger partial charge in [-0.1, -0.05) is 11.2 Å². The van der Waals surface area contributed by atoms with E-state index in [-0.39, 0.29) is 6.10 Å². The van der Waals surface area contributed by atoms with Crippen molar-refractivity contribution >= 4 is 5.71 Å². The van der Waals surface area contributed by atoms with Crippen LogP contribution in [0, 0.1) is 5.92 Å². The van der Waals surface area contributed by atoms with Crippen molar-refractivity contribution in [1.29, 1.82) is 0 Å². The average Bonchev–Trinajstić information content (AvgIpc) is 1.80. The topological polar surface area (TPSA) is 21.6 Å². The van der Waals surface area contributed by atoms with E-state index in [0.717, 1.165) is 5.71 Å². The molecule has 0 aromatic rings. The normalized spacial score (nSPS) is 39.9. The van der Waals surface area contributed by atoms with Crippen LogP contribution in [0.4, 0.5) is 0 Å². The third-order valence-electron chi connectivity index (χ3n) is 1.66. The first-order valence-corrected chi connectivity index (χ1v) is 2.76. The zero-order valence-corrected chi connectivity index (χ0v) is 4.66. The molecule has 0 radical (unpaired) electrons. The number of hydrogen-bond donors (Lipinski definition) is 0. The van der Waals surface area contributed by atoms with E-state index >= 15 is 0 Å². The van der Waals surface area contributed by atoms with Gasteiger partial charge in [0.15, 0.2) is 6.10 Å². The fourth-order valence-corrected chi connectivity index (χ4v) is 0.995. The van der Waals surface area contributed by atoms with Crippen LogP contribution in [-0.4, -0.2) is 11.8 Å². The van der Waals surface area contributed by atoms with Gasteiger partial charge in [0.1, 0.15) is 0 Å². The molecule has 2 rings (SSSR count). The van der Waals surface area contributed by atoms with Crippen LogP contribution in [0.15, 0.2) is 17.3 Å². The molecule has 2 aliphatic rings. The Labute approximate surface area is 47.8 Å². The Kier molecular flexibility index (Phi) is 0.583. The molecule has 0 amide bonds. The van der Waals surface area contributed by atoms with Crippen LogP contribution < -0.4 is 0 Å². The van der Waals surface area contributed by atoms with Crippen molar-refractivity contribution < 1.29 is 4.84 Å². The number of hydrogen-bond acceptors (Lipinski definition) is 2. The van der Waals surface area contributed by atoms with Crippen LogP contribution in [0.25, 0.3) is 0 Å². The van der Waals surface area contributed by atoms with Gasteiger partial charge in [0.25, 0.3) is 0 Å². The molecular formula is C6H7NO. The summed E-state index contributed by atoms with van der Waals surface area (Å²) < 4.78 is 0. The smallest absolute Gasteiger partial charge is 0.157 e. The average molecular weight is 109 g/mol. The summed E-state index contributed by atoms with van der Waals surface area (Å²) in [5.41, 5.74) is 1.11. The summed E-state index contributed by atoms with van der Waals surface area (Å²) in [4.78, 5) is 4.97. The van der Waals surface area contributed by atoms with E-state index in [1.54, 1.807) is 0 Å². The molecule has 2 heteroatoms. The molecule has 0 aromatic heterocycles. The summed E-state index contributed by atoms with van der Waals surface area (Å²) >= 11 is 0. The van der Waals surface area contributed by atoms with Crippen molar-refractivity contribution in [3.63, 3.8) is 0 Å². The van der Waals surface area contributed by atoms with E-state index in [1.807, 2.05) is 13.0 Å². The minimum absolute atomic E-state index is 0.287. The molecule has 0 N–H and O–H groups in total. The maximum atomic E-state index is 4.97. The van der Waals surface area contributed by atoms with E-state index in [1.165, 1.54) is 0 Å². The second-order valence-corrected chi connectivity index (χ2v) is 2.21. The summed E-state index contributed by atoms with van der Waals surface area (Å²) in [6.45, 7) is 1.99. The third-order valence-corrected chi connectivity index (χ3v) is 1.66. The van der Waals surface area contributed by atoms with E-state index in [9.17, 15) is 0 Å². The molecule has 0 bridgehead atoms. The lowest BCUT2D eigenvalue weighted by Gasteiger charge is -2.17. The van der Waals surface area contributed by atoms with Gasteiger partial charge in [0.2, 0.25) is 0 Å². The van der Waals surface area contributed by atoms with Crippen molar-refractivity contribution in [2.45, 2.75) is 13.0 Å². The largest absolute Gasteiger partial charge is 0.387 e. The number of fused-ring (bicyclic) bond motifs is 1. The SMILES string of the molecule is CC1=NOC2C=CC12. The van der Waals surface area contributed by atoms with Crippen molar-refractivity contribution in [1.82, 2.24) is 0 Å². The summed E-state index contributed by atoms with van der Waals surface area (Å²) in [5.74, 6) is 0.509. The molecule has 0 spiro atoms. The van der Waals surface area contributed by atoms with Gasteiger partial charge in [-0.3, -0.25) is 0 Å². The highest BCUT2D eigenvalue weighted by molar-refractivity contribution is 5.88. The first-order valence-electron chi connectivity index (χ1n) is 2.76. The van der Waals surface area contributed by atoms with Gasteiger partial charge in [-0.05, 0) is 13.0 Å². The monoisotopic (exact) mass is 109 g/mol. The summed E-state index contributed by atoms with van der Waals surface area (Å²) in [6.07, 6.45) is 4.44. The molecule has 0 saturated heterocycles. The molecule has 0 fully saturated rings. The Morgan fingerprint density at radius 1 is 1.62 bits per heavy atom. The molecule has 42 valence electrons. The predicted octanol–water partition coefficient (Wildman–Crippen LogP) is 0.947. The van der Waals surface area contributed by atoms with Gasteiger partial charge in [-0.25, -0.2) is 0 Å². The Hall–Kier alpha value is -0.790. The predicted molar refractivity (Wildman–Crippen MR) is 30.6 cm³/mol. The van der Waals surface area contributed by atoms with Gasteiger partial charge in [0, 0.05) is 0 Å². The van der Waals surface area contributed by atoms with Crippen LogP contribution in [0.2, 0.25) is 0 Å². The standard InChI is InChI=1S/C6H7NO/c1-4-5-2-3-6(5)8-7-4/h2-3,5-6H,1H3. The lowest BCUT2D eigenvalue weighted by Crippen LogP contribution is -2.24. The van der Waals surface area contributed by atoms with Crippen LogP contribution in [0.1, 0.15) is 6.92 Å². The maximum Gasteiger partial charge on any atom is 0.157 e. The van der Waals surface area contributed by atoms with Crippen molar-refractivity contribution in [3.05, 3.63) is 12.2 Å². The Bertz CT molecular complexity index is 171. The first kappa shape index (κ1) is 4.13. The zero-order valence-electron chi connectivity index (χ0n) is 4.66. The molecular weight excluding hydrogens is 102 g/mol. The van der Waals surface area contributed by atoms with Gasteiger partial charge >= 0.3 is 0 Å². The molecule has 0 saturated carbocycles. The number of oxime groups is 1. The minimum atomic E-state index is 0.287. The van der Waals surface area contributed by atoms with Crippen LogP contribution in [0.3, 0.4) is 0 Å². The maximum absolute atomic E-state index is 4.97. The minimum Gasteiger partial charge on any atom is -0.387 e. The summed E-state index contributed by atoms with van der Waals surface area (Å²) in [6, 6.07) is 0. The summed E-state index contributed by atoms with van der Waals surface area (Å²) in [7, 11) is 0. The Morgan fingerprint density at radius 3 is 2.75 bits per heavy atom. The Morgan fingerprint density at radius 2 is 2.50 bits per heavy atom. The van der Waals surface area contributed by atoms with E-state index in [2.05, 4.69) is 11.2 Å². The molecule has 1 aliphatic heterocycles. The van der Waals surface area contributed by atoms with E-state index < -0.39 is 0 Å². The molecule has 2 atom stereocenters. The Balaban J connectivity index is 2.28. The highest BCUT2D eigenvalue weighted by atomic mass is 16.6. The highest BCUT2D eigenvalue weighted by Crippen LogP contribution is 2.28. The second kappa shape index (κ2) is 1.13. The van der Waals surface area contributed by atoms with Gasteiger partial charge < -0.3 is 4.84 Å². The van der Waals surface area contributed by atoms with Crippen molar-refractivity contribution in [3.8, 4) is 0 Å². The number of nitrogens with zero attached hydrogens (tertiary/aromatic N) is 1. The van der Waals surface area contributed by atoms with Gasteiger partial charge in [-0.2, -0.15) is 0 Å².